The first-order valence-electron chi connectivity index (χ1n) is 7.81. The molecule has 4 aromatic rings. The van der Waals surface area contributed by atoms with Gasteiger partial charge in [-0.2, -0.15) is 4.98 Å². The molecule has 0 fully saturated rings. The highest BCUT2D eigenvalue weighted by Crippen LogP contribution is 2.28. The molecule has 3 aromatic heterocycles. The van der Waals surface area contributed by atoms with Gasteiger partial charge >= 0.3 is 6.01 Å². The lowest BCUT2D eigenvalue weighted by Crippen LogP contribution is -2.06. The molecule has 0 radical (unpaired) electrons. The van der Waals surface area contributed by atoms with Gasteiger partial charge in [-0.3, -0.25) is 4.98 Å². The summed E-state index contributed by atoms with van der Waals surface area (Å²) in [5, 5.41) is 0.403. The maximum Gasteiger partial charge on any atom is 0.303 e. The fourth-order valence-electron chi connectivity index (χ4n) is 2.58. The Labute approximate surface area is 154 Å². The van der Waals surface area contributed by atoms with Gasteiger partial charge in [0.05, 0.1) is 30.0 Å². The molecule has 0 amide bonds. The molecule has 0 N–H and O–H groups in total. The van der Waals surface area contributed by atoms with E-state index in [-0.39, 0.29) is 6.61 Å². The van der Waals surface area contributed by atoms with Crippen molar-refractivity contribution in [3.63, 3.8) is 0 Å². The summed E-state index contributed by atoms with van der Waals surface area (Å²) < 4.78 is 12.9. The number of benzene rings is 1. The van der Waals surface area contributed by atoms with Crippen LogP contribution in [0, 0.1) is 0 Å². The van der Waals surface area contributed by atoms with E-state index in [1.165, 1.54) is 12.5 Å². The second-order valence-corrected chi connectivity index (χ2v) is 5.80. The van der Waals surface area contributed by atoms with Gasteiger partial charge in [0, 0.05) is 12.3 Å². The van der Waals surface area contributed by atoms with Gasteiger partial charge in [0.15, 0.2) is 5.82 Å². The fourth-order valence-corrected chi connectivity index (χ4v) is 2.77. The smallest absolute Gasteiger partial charge is 0.303 e. The van der Waals surface area contributed by atoms with Crippen LogP contribution >= 0.6 is 11.6 Å². The van der Waals surface area contributed by atoms with Crippen molar-refractivity contribution < 1.29 is 9.47 Å². The van der Waals surface area contributed by atoms with Crippen LogP contribution in [0.5, 0.6) is 11.8 Å². The summed E-state index contributed by atoms with van der Waals surface area (Å²) in [6.45, 7) is 0.225. The Kier molecular flexibility index (Phi) is 4.37. The van der Waals surface area contributed by atoms with Crippen LogP contribution in [0.25, 0.3) is 16.9 Å². The average Bonchev–Trinajstić information content (AvgIpc) is 3.05. The minimum Gasteiger partial charge on any atom is -0.497 e. The normalized spacial score (nSPS) is 10.8. The summed E-state index contributed by atoms with van der Waals surface area (Å²) in [6.07, 6.45) is 4.64. The Morgan fingerprint density at radius 2 is 2.04 bits per heavy atom. The Morgan fingerprint density at radius 1 is 1.15 bits per heavy atom. The number of hydrogen-bond acceptors (Lipinski definition) is 6. The van der Waals surface area contributed by atoms with Crippen molar-refractivity contribution in [3.8, 4) is 17.6 Å². The molecule has 0 aliphatic heterocycles. The van der Waals surface area contributed by atoms with E-state index in [4.69, 9.17) is 21.1 Å². The van der Waals surface area contributed by atoms with Crippen LogP contribution in [0.15, 0.2) is 55.1 Å². The Balaban J connectivity index is 1.75. The molecule has 0 aliphatic rings. The van der Waals surface area contributed by atoms with Crippen molar-refractivity contribution in [1.29, 1.82) is 0 Å². The number of hydrogen-bond donors (Lipinski definition) is 0. The van der Waals surface area contributed by atoms with E-state index in [0.29, 0.717) is 22.6 Å². The number of nitrogens with zero attached hydrogens (tertiary/aromatic N) is 5. The van der Waals surface area contributed by atoms with E-state index in [1.807, 2.05) is 30.3 Å². The van der Waals surface area contributed by atoms with E-state index < -0.39 is 0 Å². The first kappa shape index (κ1) is 16.3. The van der Waals surface area contributed by atoms with Crippen LogP contribution in [-0.2, 0) is 6.61 Å². The standard InChI is InChI=1S/C18H14ClN5O2/c1-25-13-6-7-21-12(8-13)10-26-18-23-15-4-2-3-5-16(15)24(18)17-14(19)9-20-11-22-17/h2-9,11H,10H2,1H3. The second-order valence-electron chi connectivity index (χ2n) is 5.39. The zero-order valence-corrected chi connectivity index (χ0v) is 14.6. The van der Waals surface area contributed by atoms with Crippen LogP contribution < -0.4 is 9.47 Å². The monoisotopic (exact) mass is 367 g/mol. The maximum atomic E-state index is 6.29. The van der Waals surface area contributed by atoms with Crippen molar-refractivity contribution >= 4 is 22.6 Å². The maximum absolute atomic E-state index is 6.29. The Morgan fingerprint density at radius 3 is 2.88 bits per heavy atom. The van der Waals surface area contributed by atoms with Gasteiger partial charge in [0.2, 0.25) is 0 Å². The summed E-state index contributed by atoms with van der Waals surface area (Å²) in [6, 6.07) is 11.6. The molecule has 4 rings (SSSR count). The summed E-state index contributed by atoms with van der Waals surface area (Å²) in [5.41, 5.74) is 2.33. The molecule has 0 unspecified atom stereocenters. The third-order valence-corrected chi connectivity index (χ3v) is 4.03. The number of rotatable bonds is 5. The van der Waals surface area contributed by atoms with Crippen molar-refractivity contribution in [3.05, 3.63) is 65.8 Å². The lowest BCUT2D eigenvalue weighted by atomic mass is 10.3. The van der Waals surface area contributed by atoms with Gasteiger partial charge < -0.3 is 9.47 Å². The molecule has 0 aliphatic carbocycles. The highest BCUT2D eigenvalue weighted by atomic mass is 35.5. The van der Waals surface area contributed by atoms with Gasteiger partial charge in [-0.15, -0.1) is 0 Å². The number of para-hydroxylation sites is 2. The number of ether oxygens (including phenoxy) is 2. The second kappa shape index (κ2) is 6.97. The lowest BCUT2D eigenvalue weighted by molar-refractivity contribution is 0.272. The van der Waals surface area contributed by atoms with Crippen LogP contribution in [0.1, 0.15) is 5.69 Å². The first-order chi connectivity index (χ1) is 12.8. The van der Waals surface area contributed by atoms with E-state index in [2.05, 4.69) is 19.9 Å². The van der Waals surface area contributed by atoms with Crippen molar-refractivity contribution in [2.24, 2.45) is 0 Å². The van der Waals surface area contributed by atoms with E-state index in [0.717, 1.165) is 16.7 Å². The molecule has 0 saturated heterocycles. The van der Waals surface area contributed by atoms with Crippen molar-refractivity contribution in [2.45, 2.75) is 6.61 Å². The molecule has 130 valence electrons. The van der Waals surface area contributed by atoms with Crippen LogP contribution in [0.2, 0.25) is 5.02 Å². The molecule has 0 atom stereocenters. The topological polar surface area (TPSA) is 75.0 Å². The van der Waals surface area contributed by atoms with E-state index in [1.54, 1.807) is 23.9 Å². The predicted molar refractivity (Wildman–Crippen MR) is 96.8 cm³/mol. The summed E-state index contributed by atoms with van der Waals surface area (Å²) >= 11 is 6.29. The van der Waals surface area contributed by atoms with Gasteiger partial charge in [-0.05, 0) is 18.2 Å². The van der Waals surface area contributed by atoms with Crippen LogP contribution in [0.3, 0.4) is 0 Å². The predicted octanol–water partition coefficient (Wildman–Crippen LogP) is 3.45. The number of imidazole rings is 1. The zero-order chi connectivity index (χ0) is 17.9. The third kappa shape index (κ3) is 3.04. The molecule has 7 nitrogen and oxygen atoms in total. The number of methoxy groups -OCH3 is 1. The molecule has 26 heavy (non-hydrogen) atoms. The summed E-state index contributed by atoms with van der Waals surface area (Å²) in [5.74, 6) is 1.22. The molecular weight excluding hydrogens is 354 g/mol. The Hall–Kier alpha value is -3.19. The minimum atomic E-state index is 0.225. The number of aromatic nitrogens is 5. The molecule has 0 spiro atoms. The van der Waals surface area contributed by atoms with Gasteiger partial charge in [0.1, 0.15) is 23.7 Å². The highest BCUT2D eigenvalue weighted by Gasteiger charge is 2.17. The largest absolute Gasteiger partial charge is 0.497 e. The highest BCUT2D eigenvalue weighted by molar-refractivity contribution is 6.32. The van der Waals surface area contributed by atoms with E-state index in [9.17, 15) is 0 Å². The van der Waals surface area contributed by atoms with Gasteiger partial charge in [-0.1, -0.05) is 23.7 Å². The summed E-state index contributed by atoms with van der Waals surface area (Å²) in [7, 11) is 1.61. The van der Waals surface area contributed by atoms with Gasteiger partial charge in [0.25, 0.3) is 0 Å². The minimum absolute atomic E-state index is 0.225. The average molecular weight is 368 g/mol. The zero-order valence-electron chi connectivity index (χ0n) is 13.8. The molecule has 0 bridgehead atoms. The first-order valence-corrected chi connectivity index (χ1v) is 8.19. The lowest BCUT2D eigenvalue weighted by Gasteiger charge is -2.10. The Bertz CT molecular complexity index is 1070. The molecule has 3 heterocycles. The molecule has 0 saturated carbocycles. The van der Waals surface area contributed by atoms with E-state index >= 15 is 0 Å². The van der Waals surface area contributed by atoms with Crippen molar-refractivity contribution in [2.75, 3.05) is 7.11 Å². The quantitative estimate of drug-likeness (QED) is 0.537. The molecular formula is C18H14ClN5O2. The fraction of sp³-hybridized carbons (Fsp3) is 0.111. The number of fused-ring (bicyclic) bond motifs is 1. The van der Waals surface area contributed by atoms with Crippen LogP contribution in [0.4, 0.5) is 0 Å². The molecule has 1 aromatic carbocycles. The van der Waals surface area contributed by atoms with Crippen molar-refractivity contribution in [1.82, 2.24) is 24.5 Å². The molecule has 8 heteroatoms. The summed E-state index contributed by atoms with van der Waals surface area (Å²) in [4.78, 5) is 17.0. The van der Waals surface area contributed by atoms with Gasteiger partial charge in [-0.25, -0.2) is 14.5 Å². The SMILES string of the molecule is COc1ccnc(COc2nc3ccccc3n2-c2ncncc2Cl)c1. The van der Waals surface area contributed by atoms with Crippen LogP contribution in [-0.4, -0.2) is 31.6 Å². The third-order valence-electron chi connectivity index (χ3n) is 3.76. The number of halogens is 1. The number of pyridine rings is 1.